The smallest absolute Gasteiger partial charge is 0.406 e. The number of carbonyl (C=O) groups is 1. The Kier molecular flexibility index (Phi) is 13.1. The Hall–Kier alpha value is -6.34. The Morgan fingerprint density at radius 2 is 1.48 bits per heavy atom. The number of hydrogen-bond donors (Lipinski definition) is 2. The Labute approximate surface area is 363 Å². The summed E-state index contributed by atoms with van der Waals surface area (Å²) in [6, 6.07) is 34.5. The maximum atomic E-state index is 13.0. The fraction of sp³-hybridized carbons (Fsp3) is 0.292. The van der Waals surface area contributed by atoms with Crippen LogP contribution in [0.1, 0.15) is 72.3 Å². The van der Waals surface area contributed by atoms with Gasteiger partial charge in [-0.3, -0.25) is 9.20 Å². The molecule has 1 amide bonds. The van der Waals surface area contributed by atoms with E-state index in [9.17, 15) is 18.0 Å². The van der Waals surface area contributed by atoms with Crippen molar-refractivity contribution < 1.29 is 22.7 Å². The number of para-hydroxylation sites is 1. The molecule has 9 rings (SSSR count). The van der Waals surface area contributed by atoms with E-state index in [1.807, 2.05) is 43.3 Å². The van der Waals surface area contributed by atoms with Crippen LogP contribution in [0.2, 0.25) is 5.02 Å². The van der Waals surface area contributed by atoms with Crippen LogP contribution in [0, 0.1) is 0 Å². The summed E-state index contributed by atoms with van der Waals surface area (Å²) in [5.41, 5.74) is 8.32. The largest absolute Gasteiger partial charge is 0.573 e. The predicted molar refractivity (Wildman–Crippen MR) is 240 cm³/mol. The van der Waals surface area contributed by atoms with Gasteiger partial charge in [-0.25, -0.2) is 15.0 Å². The first kappa shape index (κ1) is 42.4. The molecule has 10 nitrogen and oxygen atoms in total. The normalized spacial score (nSPS) is 14.7. The number of carbonyl (C=O) groups excluding carboxylic acids is 1. The van der Waals surface area contributed by atoms with Crippen molar-refractivity contribution in [2.24, 2.45) is 0 Å². The number of pyridine rings is 1. The lowest BCUT2D eigenvalue weighted by atomic mass is 9.89. The number of rotatable bonds is 10. The Bertz CT molecular complexity index is 2580. The average Bonchev–Trinajstić information content (AvgIpc) is 3.67. The second kappa shape index (κ2) is 19.1. The lowest BCUT2D eigenvalue weighted by Crippen LogP contribution is -2.32. The van der Waals surface area contributed by atoms with E-state index >= 15 is 0 Å². The van der Waals surface area contributed by atoms with Gasteiger partial charge in [-0.15, -0.1) is 13.2 Å². The molecule has 0 saturated carbocycles. The molecule has 62 heavy (non-hydrogen) atoms. The van der Waals surface area contributed by atoms with E-state index in [0.29, 0.717) is 29.3 Å². The maximum absolute atomic E-state index is 13.0. The van der Waals surface area contributed by atoms with E-state index in [1.165, 1.54) is 50.2 Å². The van der Waals surface area contributed by atoms with E-state index in [-0.39, 0.29) is 17.6 Å². The molecule has 7 aromatic rings. The molecule has 5 heterocycles. The van der Waals surface area contributed by atoms with E-state index in [4.69, 9.17) is 11.6 Å². The average molecular weight is 861 g/mol. The van der Waals surface area contributed by atoms with Crippen LogP contribution in [0.25, 0.3) is 16.6 Å². The van der Waals surface area contributed by atoms with Crippen molar-refractivity contribution in [2.75, 3.05) is 41.3 Å². The van der Waals surface area contributed by atoms with Crippen LogP contribution >= 0.6 is 11.6 Å². The van der Waals surface area contributed by atoms with Crippen LogP contribution in [-0.2, 0) is 13.0 Å². The second-order valence-electron chi connectivity index (χ2n) is 15.5. The molecule has 0 unspecified atom stereocenters. The quantitative estimate of drug-likeness (QED) is 0.140. The zero-order valence-electron chi connectivity index (χ0n) is 34.4. The third-order valence-corrected chi connectivity index (χ3v) is 11.7. The van der Waals surface area contributed by atoms with E-state index in [1.54, 1.807) is 41.2 Å². The summed E-state index contributed by atoms with van der Waals surface area (Å²) < 4.78 is 42.9. The highest BCUT2D eigenvalue weighted by molar-refractivity contribution is 6.30. The van der Waals surface area contributed by atoms with Crippen LogP contribution in [0.3, 0.4) is 0 Å². The summed E-state index contributed by atoms with van der Waals surface area (Å²) in [5, 5.41) is 7.98. The van der Waals surface area contributed by atoms with Crippen molar-refractivity contribution in [3.63, 3.8) is 0 Å². The minimum Gasteiger partial charge on any atom is -0.406 e. The Morgan fingerprint density at radius 1 is 0.806 bits per heavy atom. The number of nitrogens with zero attached hydrogens (tertiary/aromatic N) is 6. The van der Waals surface area contributed by atoms with E-state index in [2.05, 4.69) is 76.5 Å². The maximum Gasteiger partial charge on any atom is 0.573 e. The first-order valence-corrected chi connectivity index (χ1v) is 21.4. The Morgan fingerprint density at radius 3 is 2.18 bits per heavy atom. The molecule has 0 bridgehead atoms. The molecule has 4 aromatic carbocycles. The third-order valence-electron chi connectivity index (χ3n) is 11.4. The van der Waals surface area contributed by atoms with Gasteiger partial charge in [-0.05, 0) is 128 Å². The number of fused-ring (bicyclic) bond motifs is 2. The van der Waals surface area contributed by atoms with Crippen LogP contribution < -0.4 is 25.2 Å². The van der Waals surface area contributed by atoms with Gasteiger partial charge >= 0.3 is 6.36 Å². The van der Waals surface area contributed by atoms with Gasteiger partial charge in [-0.2, -0.15) is 0 Å². The number of ether oxygens (including phenoxy) is 1. The van der Waals surface area contributed by atoms with Gasteiger partial charge in [0.25, 0.3) is 5.91 Å². The molecule has 3 aromatic heterocycles. The summed E-state index contributed by atoms with van der Waals surface area (Å²) in [4.78, 5) is 31.0. The van der Waals surface area contributed by atoms with Crippen molar-refractivity contribution >= 4 is 56.9 Å². The molecular weight excluding hydrogens is 813 g/mol. The number of hydrogen-bond acceptors (Lipinski definition) is 8. The highest BCUT2D eigenvalue weighted by Crippen LogP contribution is 2.33. The number of alkyl halides is 3. The van der Waals surface area contributed by atoms with Crippen LogP contribution in [-0.4, -0.2) is 57.8 Å². The third kappa shape index (κ3) is 10.4. The molecule has 320 valence electrons. The fourth-order valence-corrected chi connectivity index (χ4v) is 8.37. The first-order valence-electron chi connectivity index (χ1n) is 21.1. The van der Waals surface area contributed by atoms with Crippen molar-refractivity contribution in [1.82, 2.24) is 24.7 Å². The second-order valence-corrected chi connectivity index (χ2v) is 16.0. The molecule has 2 fully saturated rings. The van der Waals surface area contributed by atoms with Crippen LogP contribution in [0.5, 0.6) is 5.75 Å². The minimum absolute atomic E-state index is 0.200. The number of benzene rings is 4. The number of piperidine rings is 2. The summed E-state index contributed by atoms with van der Waals surface area (Å²) in [6.07, 6.45) is 5.01. The van der Waals surface area contributed by atoms with Crippen molar-refractivity contribution in [3.8, 4) is 5.75 Å². The van der Waals surface area contributed by atoms with Crippen molar-refractivity contribution in [2.45, 2.75) is 64.3 Å². The van der Waals surface area contributed by atoms with Gasteiger partial charge in [-0.1, -0.05) is 54.9 Å². The van der Waals surface area contributed by atoms with E-state index in [0.717, 1.165) is 70.8 Å². The molecule has 2 aliphatic heterocycles. The van der Waals surface area contributed by atoms with Gasteiger partial charge < -0.3 is 25.2 Å². The SMILES string of the molecule is CCc1nc2ccc(Cl)cn2c1C(=O)NCc1ccc(N2CCC(c3ccc(OC(F)(F)F)cc3)CC2)cc1.c1ccc2c(Nc3ccc(N4CCCCC4)cc3)ncnc2c1. The topological polar surface area (TPSA) is 99.9 Å². The van der Waals surface area contributed by atoms with Crippen LogP contribution in [0.15, 0.2) is 122 Å². The molecule has 0 radical (unpaired) electrons. The fourth-order valence-electron chi connectivity index (χ4n) is 8.21. The van der Waals surface area contributed by atoms with Gasteiger partial charge in [0.15, 0.2) is 0 Å². The summed E-state index contributed by atoms with van der Waals surface area (Å²) in [5.74, 6) is 0.735. The lowest BCUT2D eigenvalue weighted by Gasteiger charge is -2.34. The molecule has 14 heteroatoms. The number of imidazole rings is 1. The first-order chi connectivity index (χ1) is 30.1. The predicted octanol–water partition coefficient (Wildman–Crippen LogP) is 11.1. The molecule has 0 aliphatic carbocycles. The highest BCUT2D eigenvalue weighted by Gasteiger charge is 2.31. The number of aromatic nitrogens is 4. The van der Waals surface area contributed by atoms with E-state index < -0.39 is 6.36 Å². The molecular formula is C48H48ClF3N8O2. The summed E-state index contributed by atoms with van der Waals surface area (Å²) >= 11 is 6.14. The number of nitrogens with one attached hydrogen (secondary N) is 2. The van der Waals surface area contributed by atoms with Crippen molar-refractivity contribution in [3.05, 3.63) is 149 Å². The van der Waals surface area contributed by atoms with Gasteiger partial charge in [0, 0.05) is 61.4 Å². The number of halogens is 4. The minimum atomic E-state index is -4.68. The van der Waals surface area contributed by atoms with Crippen LogP contribution in [0.4, 0.5) is 36.1 Å². The highest BCUT2D eigenvalue weighted by atomic mass is 35.5. The van der Waals surface area contributed by atoms with Gasteiger partial charge in [0.1, 0.15) is 29.2 Å². The summed E-state index contributed by atoms with van der Waals surface area (Å²) in [6.45, 7) is 6.38. The zero-order chi connectivity index (χ0) is 43.1. The molecule has 2 N–H and O–H groups in total. The van der Waals surface area contributed by atoms with Gasteiger partial charge in [0.2, 0.25) is 0 Å². The number of anilines is 4. The standard InChI is InChI=1S/C29H28ClF3N4O2.C19H20N4/c1-2-25-27(37-18-22(30)7-12-26(37)35-25)28(38)34-17-19-3-8-23(9-4-19)36-15-13-21(14-16-36)20-5-10-24(11-6-20)39-29(31,32)33;1-4-12-23(13-5-1)16-10-8-15(9-11-16)22-19-17-6-2-3-7-18(17)20-14-21-19/h3-12,18,21H,2,13-17H2,1H3,(H,34,38);2-3,6-11,14H,1,4-5,12-13H2,(H,20,21,22). The lowest BCUT2D eigenvalue weighted by molar-refractivity contribution is -0.274. The molecule has 0 spiro atoms. The molecule has 0 atom stereocenters. The molecule has 2 aliphatic rings. The summed E-state index contributed by atoms with van der Waals surface area (Å²) in [7, 11) is 0. The van der Waals surface area contributed by atoms with Gasteiger partial charge in [0.05, 0.1) is 16.2 Å². The molecule has 2 saturated heterocycles. The number of amides is 1. The monoisotopic (exact) mass is 860 g/mol. The zero-order valence-corrected chi connectivity index (χ0v) is 35.2. The Balaban J connectivity index is 0.000000194. The number of aryl methyl sites for hydroxylation is 1. The van der Waals surface area contributed by atoms with Crippen molar-refractivity contribution in [1.29, 1.82) is 0 Å².